The van der Waals surface area contributed by atoms with Crippen molar-refractivity contribution in [2.45, 2.75) is 31.6 Å². The quantitative estimate of drug-likeness (QED) is 0.729. The molecule has 0 amide bonds. The van der Waals surface area contributed by atoms with Gasteiger partial charge in [0.25, 0.3) is 0 Å². The summed E-state index contributed by atoms with van der Waals surface area (Å²) in [4.78, 5) is 0. The van der Waals surface area contributed by atoms with Gasteiger partial charge < -0.3 is 9.47 Å². The number of alkyl halides is 1. The lowest BCUT2D eigenvalue weighted by Gasteiger charge is -2.18. The van der Waals surface area contributed by atoms with Crippen molar-refractivity contribution < 1.29 is 9.47 Å². The second-order valence-electron chi connectivity index (χ2n) is 5.11. The molecule has 0 saturated heterocycles. The molecule has 0 aromatic heterocycles. The predicted octanol–water partition coefficient (Wildman–Crippen LogP) is 3.90. The molecule has 0 N–H and O–H groups in total. The Morgan fingerprint density at radius 3 is 2.44 bits per heavy atom. The first-order valence-corrected chi connectivity index (χ1v) is 6.94. The molecule has 1 aromatic rings. The Kier molecular flexibility index (Phi) is 4.39. The van der Waals surface area contributed by atoms with E-state index in [2.05, 4.69) is 13.0 Å². The Labute approximate surface area is 114 Å². The molecule has 0 aliphatic heterocycles. The summed E-state index contributed by atoms with van der Waals surface area (Å²) in [5.41, 5.74) is 1.21. The Morgan fingerprint density at radius 2 is 1.89 bits per heavy atom. The van der Waals surface area contributed by atoms with E-state index >= 15 is 0 Å². The van der Waals surface area contributed by atoms with Crippen LogP contribution in [0.3, 0.4) is 0 Å². The predicted molar refractivity (Wildman–Crippen MR) is 74.8 cm³/mol. The van der Waals surface area contributed by atoms with Crippen LogP contribution < -0.4 is 9.47 Å². The molecule has 1 aromatic carbocycles. The standard InChI is InChI=1S/C15H21ClO2/c1-10(12-5-6-12)13(16)8-11-4-7-14(17-2)15(9-11)18-3/h4,7,9-10,12-13H,5-6,8H2,1-3H3. The molecule has 2 rings (SSSR count). The first-order valence-electron chi connectivity index (χ1n) is 6.50. The fourth-order valence-corrected chi connectivity index (χ4v) is 2.72. The molecule has 1 saturated carbocycles. The highest BCUT2D eigenvalue weighted by atomic mass is 35.5. The highest BCUT2D eigenvalue weighted by molar-refractivity contribution is 6.20. The Hall–Kier alpha value is -0.890. The summed E-state index contributed by atoms with van der Waals surface area (Å²) in [5, 5.41) is 0.204. The van der Waals surface area contributed by atoms with Gasteiger partial charge in [-0.2, -0.15) is 0 Å². The van der Waals surface area contributed by atoms with Crippen LogP contribution in [-0.2, 0) is 6.42 Å². The summed E-state index contributed by atoms with van der Waals surface area (Å²) in [6.07, 6.45) is 3.58. The number of halogens is 1. The zero-order chi connectivity index (χ0) is 13.1. The molecule has 2 atom stereocenters. The van der Waals surface area contributed by atoms with Gasteiger partial charge in [-0.1, -0.05) is 13.0 Å². The molecular formula is C15H21ClO2. The summed E-state index contributed by atoms with van der Waals surface area (Å²) in [6, 6.07) is 6.03. The van der Waals surface area contributed by atoms with Crippen LogP contribution in [0.1, 0.15) is 25.3 Å². The summed E-state index contributed by atoms with van der Waals surface area (Å²) in [7, 11) is 3.31. The van der Waals surface area contributed by atoms with Crippen molar-refractivity contribution in [3.8, 4) is 11.5 Å². The lowest BCUT2D eigenvalue weighted by Crippen LogP contribution is -2.16. The third-order valence-electron chi connectivity index (χ3n) is 3.81. The minimum Gasteiger partial charge on any atom is -0.493 e. The Morgan fingerprint density at radius 1 is 1.22 bits per heavy atom. The van der Waals surface area contributed by atoms with Gasteiger partial charge in [-0.25, -0.2) is 0 Å². The number of methoxy groups -OCH3 is 2. The van der Waals surface area contributed by atoms with Crippen molar-refractivity contribution in [1.82, 2.24) is 0 Å². The van der Waals surface area contributed by atoms with Crippen molar-refractivity contribution in [3.05, 3.63) is 23.8 Å². The van der Waals surface area contributed by atoms with E-state index in [4.69, 9.17) is 21.1 Å². The molecule has 18 heavy (non-hydrogen) atoms. The van der Waals surface area contributed by atoms with Crippen molar-refractivity contribution in [1.29, 1.82) is 0 Å². The van der Waals surface area contributed by atoms with E-state index in [-0.39, 0.29) is 5.38 Å². The second kappa shape index (κ2) is 5.83. The largest absolute Gasteiger partial charge is 0.493 e. The average molecular weight is 269 g/mol. The molecule has 100 valence electrons. The van der Waals surface area contributed by atoms with E-state index < -0.39 is 0 Å². The van der Waals surface area contributed by atoms with Crippen LogP contribution in [0.15, 0.2) is 18.2 Å². The van der Waals surface area contributed by atoms with Crippen LogP contribution in [0.5, 0.6) is 11.5 Å². The third kappa shape index (κ3) is 3.11. The second-order valence-corrected chi connectivity index (χ2v) is 5.67. The van der Waals surface area contributed by atoms with Gasteiger partial charge in [-0.05, 0) is 48.8 Å². The Bertz CT molecular complexity index is 401. The molecular weight excluding hydrogens is 248 g/mol. The van der Waals surface area contributed by atoms with Gasteiger partial charge in [-0.3, -0.25) is 0 Å². The van der Waals surface area contributed by atoms with Gasteiger partial charge in [0.1, 0.15) is 0 Å². The number of ether oxygens (including phenoxy) is 2. The zero-order valence-corrected chi connectivity index (χ0v) is 12.0. The number of benzene rings is 1. The molecule has 0 bridgehead atoms. The van der Waals surface area contributed by atoms with Gasteiger partial charge in [-0.15, -0.1) is 11.6 Å². The maximum Gasteiger partial charge on any atom is 0.160 e. The minimum absolute atomic E-state index is 0.204. The van der Waals surface area contributed by atoms with Gasteiger partial charge in [0, 0.05) is 5.38 Å². The van der Waals surface area contributed by atoms with E-state index in [1.165, 1.54) is 18.4 Å². The first kappa shape index (κ1) is 13.5. The maximum atomic E-state index is 6.50. The highest BCUT2D eigenvalue weighted by Gasteiger charge is 2.32. The molecule has 0 heterocycles. The lowest BCUT2D eigenvalue weighted by molar-refractivity contribution is 0.354. The van der Waals surface area contributed by atoms with Gasteiger partial charge in [0.2, 0.25) is 0 Å². The number of hydrogen-bond acceptors (Lipinski definition) is 2. The normalized spacial score (nSPS) is 18.2. The van der Waals surface area contributed by atoms with Crippen molar-refractivity contribution in [2.24, 2.45) is 11.8 Å². The summed E-state index contributed by atoms with van der Waals surface area (Å²) >= 11 is 6.50. The highest BCUT2D eigenvalue weighted by Crippen LogP contribution is 2.40. The minimum atomic E-state index is 0.204. The zero-order valence-electron chi connectivity index (χ0n) is 11.3. The van der Waals surface area contributed by atoms with Gasteiger partial charge >= 0.3 is 0 Å². The summed E-state index contributed by atoms with van der Waals surface area (Å²) in [6.45, 7) is 2.26. The first-order chi connectivity index (χ1) is 8.65. The molecule has 1 aliphatic carbocycles. The lowest BCUT2D eigenvalue weighted by atomic mass is 9.96. The monoisotopic (exact) mass is 268 g/mol. The van der Waals surface area contributed by atoms with Crippen molar-refractivity contribution in [3.63, 3.8) is 0 Å². The van der Waals surface area contributed by atoms with Crippen LogP contribution in [-0.4, -0.2) is 19.6 Å². The third-order valence-corrected chi connectivity index (χ3v) is 4.37. The SMILES string of the molecule is COc1ccc(CC(Cl)C(C)C2CC2)cc1OC. The van der Waals surface area contributed by atoms with E-state index in [0.717, 1.165) is 23.8 Å². The maximum absolute atomic E-state index is 6.50. The van der Waals surface area contributed by atoms with Crippen molar-refractivity contribution >= 4 is 11.6 Å². The fraction of sp³-hybridized carbons (Fsp3) is 0.600. The van der Waals surface area contributed by atoms with Crippen LogP contribution in [0.25, 0.3) is 0 Å². The summed E-state index contributed by atoms with van der Waals surface area (Å²) < 4.78 is 10.5. The van der Waals surface area contributed by atoms with Crippen molar-refractivity contribution in [2.75, 3.05) is 14.2 Å². The van der Waals surface area contributed by atoms with E-state index in [1.54, 1.807) is 14.2 Å². The Balaban J connectivity index is 2.04. The van der Waals surface area contributed by atoms with Crippen LogP contribution in [0, 0.1) is 11.8 Å². The van der Waals surface area contributed by atoms with Crippen LogP contribution in [0.4, 0.5) is 0 Å². The van der Waals surface area contributed by atoms with E-state index in [0.29, 0.717) is 5.92 Å². The molecule has 3 heteroatoms. The number of rotatable bonds is 6. The van der Waals surface area contributed by atoms with Crippen LogP contribution in [0.2, 0.25) is 0 Å². The number of hydrogen-bond donors (Lipinski definition) is 0. The van der Waals surface area contributed by atoms with Gasteiger partial charge in [0.15, 0.2) is 11.5 Å². The van der Waals surface area contributed by atoms with Gasteiger partial charge in [0.05, 0.1) is 14.2 Å². The topological polar surface area (TPSA) is 18.5 Å². The molecule has 2 nitrogen and oxygen atoms in total. The fourth-order valence-electron chi connectivity index (χ4n) is 2.34. The molecule has 0 radical (unpaired) electrons. The molecule has 2 unspecified atom stereocenters. The summed E-state index contributed by atoms with van der Waals surface area (Å²) in [5.74, 6) is 2.98. The molecule has 1 aliphatic rings. The molecule has 1 fully saturated rings. The molecule has 0 spiro atoms. The van der Waals surface area contributed by atoms with Crippen LogP contribution >= 0.6 is 11.6 Å². The smallest absolute Gasteiger partial charge is 0.160 e. The van der Waals surface area contributed by atoms with E-state index in [1.807, 2.05) is 12.1 Å². The van der Waals surface area contributed by atoms with E-state index in [9.17, 15) is 0 Å². The average Bonchev–Trinajstić information content (AvgIpc) is 3.21.